The minimum atomic E-state index is -0.444. The molecule has 2 aromatic heterocycles. The first-order chi connectivity index (χ1) is 10.6. The lowest BCUT2D eigenvalue weighted by atomic mass is 9.95. The number of fused-ring (bicyclic) bond motifs is 1. The molecular weight excluding hydrogens is 280 g/mol. The van der Waals surface area contributed by atoms with E-state index in [1.807, 2.05) is 11.6 Å². The summed E-state index contributed by atoms with van der Waals surface area (Å²) >= 11 is 0. The molecule has 1 fully saturated rings. The number of nitrogens with one attached hydrogen (secondary N) is 2. The molecule has 3 rings (SSSR count). The van der Waals surface area contributed by atoms with Gasteiger partial charge in [-0.05, 0) is 19.8 Å². The van der Waals surface area contributed by atoms with Crippen molar-refractivity contribution in [3.8, 4) is 0 Å². The van der Waals surface area contributed by atoms with Crippen LogP contribution in [0, 0.1) is 0 Å². The van der Waals surface area contributed by atoms with Crippen molar-refractivity contribution in [1.82, 2.24) is 19.5 Å². The van der Waals surface area contributed by atoms with Gasteiger partial charge in [0.15, 0.2) is 17.0 Å². The molecular formula is C15H24N6O. The molecule has 1 aliphatic rings. The summed E-state index contributed by atoms with van der Waals surface area (Å²) in [5, 5.41) is 16.0. The molecule has 0 radical (unpaired) electrons. The highest BCUT2D eigenvalue weighted by molar-refractivity contribution is 5.84. The molecule has 7 nitrogen and oxygen atoms in total. The van der Waals surface area contributed by atoms with E-state index in [0.717, 1.165) is 17.0 Å². The second kappa shape index (κ2) is 6.48. The second-order valence-corrected chi connectivity index (χ2v) is 6.13. The largest absolute Gasteiger partial charge is 0.392 e. The first kappa shape index (κ1) is 15.0. The number of hydrogen-bond acceptors (Lipinski definition) is 6. The Morgan fingerprint density at radius 3 is 2.82 bits per heavy atom. The summed E-state index contributed by atoms with van der Waals surface area (Å²) in [4.78, 5) is 13.5. The number of nitrogens with zero attached hydrogens (tertiary/aromatic N) is 4. The highest BCUT2D eigenvalue weighted by Crippen LogP contribution is 2.25. The van der Waals surface area contributed by atoms with Crippen LogP contribution >= 0.6 is 0 Å². The molecule has 1 saturated carbocycles. The lowest BCUT2D eigenvalue weighted by molar-refractivity contribution is 0.208. The van der Waals surface area contributed by atoms with E-state index in [1.54, 1.807) is 13.3 Å². The van der Waals surface area contributed by atoms with Crippen molar-refractivity contribution in [2.45, 2.75) is 51.2 Å². The van der Waals surface area contributed by atoms with E-state index in [1.165, 1.54) is 32.1 Å². The van der Waals surface area contributed by atoms with Crippen LogP contribution in [0.3, 0.4) is 0 Å². The van der Waals surface area contributed by atoms with Gasteiger partial charge in [-0.1, -0.05) is 19.3 Å². The Balaban J connectivity index is 1.88. The van der Waals surface area contributed by atoms with Crippen LogP contribution in [0.25, 0.3) is 11.2 Å². The Kier molecular flexibility index (Phi) is 4.42. The standard InChI is InChI=1S/C15H24N6O/c1-10(22)8-16-15-19-13(18-11-6-4-3-5-7-11)12-14(20-15)21(2)9-17-12/h9-11,22H,3-8H2,1-2H3,(H2,16,18,19,20). The van der Waals surface area contributed by atoms with E-state index < -0.39 is 6.10 Å². The highest BCUT2D eigenvalue weighted by Gasteiger charge is 2.18. The fraction of sp³-hybridized carbons (Fsp3) is 0.667. The van der Waals surface area contributed by atoms with E-state index >= 15 is 0 Å². The quantitative estimate of drug-likeness (QED) is 0.782. The number of imidazole rings is 1. The smallest absolute Gasteiger partial charge is 0.226 e. The van der Waals surface area contributed by atoms with Gasteiger partial charge < -0.3 is 20.3 Å². The Bertz CT molecular complexity index is 632. The van der Waals surface area contributed by atoms with Gasteiger partial charge >= 0.3 is 0 Å². The molecule has 1 unspecified atom stereocenters. The highest BCUT2D eigenvalue weighted by atomic mass is 16.3. The average Bonchev–Trinajstić information content (AvgIpc) is 2.88. The van der Waals surface area contributed by atoms with E-state index in [4.69, 9.17) is 0 Å². The zero-order valence-electron chi connectivity index (χ0n) is 13.2. The van der Waals surface area contributed by atoms with E-state index in [2.05, 4.69) is 25.6 Å². The third-order valence-corrected chi connectivity index (χ3v) is 4.06. The van der Waals surface area contributed by atoms with Crippen LogP contribution < -0.4 is 10.6 Å². The fourth-order valence-corrected chi connectivity index (χ4v) is 2.87. The van der Waals surface area contributed by atoms with Crippen LogP contribution in [0.15, 0.2) is 6.33 Å². The number of hydrogen-bond donors (Lipinski definition) is 3. The summed E-state index contributed by atoms with van der Waals surface area (Å²) in [6.45, 7) is 2.16. The first-order valence-corrected chi connectivity index (χ1v) is 8.01. The minimum Gasteiger partial charge on any atom is -0.392 e. The Morgan fingerprint density at radius 2 is 2.09 bits per heavy atom. The van der Waals surface area contributed by atoms with Crippen molar-refractivity contribution < 1.29 is 5.11 Å². The van der Waals surface area contributed by atoms with Crippen LogP contribution in [0.4, 0.5) is 11.8 Å². The number of aromatic nitrogens is 4. The molecule has 0 spiro atoms. The summed E-state index contributed by atoms with van der Waals surface area (Å²) in [6, 6.07) is 0.457. The average molecular weight is 304 g/mol. The molecule has 2 aromatic rings. The first-order valence-electron chi connectivity index (χ1n) is 8.01. The molecule has 2 heterocycles. The van der Waals surface area contributed by atoms with Crippen LogP contribution in [-0.2, 0) is 7.05 Å². The third kappa shape index (κ3) is 3.30. The number of rotatable bonds is 5. The van der Waals surface area contributed by atoms with Gasteiger partial charge in [-0.25, -0.2) is 4.98 Å². The van der Waals surface area contributed by atoms with Gasteiger partial charge in [0.1, 0.15) is 0 Å². The van der Waals surface area contributed by atoms with Gasteiger partial charge in [-0.3, -0.25) is 0 Å². The van der Waals surface area contributed by atoms with Gasteiger partial charge in [0.25, 0.3) is 0 Å². The predicted molar refractivity (Wildman–Crippen MR) is 87.0 cm³/mol. The zero-order valence-corrected chi connectivity index (χ0v) is 13.2. The molecule has 7 heteroatoms. The molecule has 3 N–H and O–H groups in total. The molecule has 1 atom stereocenters. The lowest BCUT2D eigenvalue weighted by Gasteiger charge is -2.23. The summed E-state index contributed by atoms with van der Waals surface area (Å²) in [6.07, 6.45) is 7.51. The van der Waals surface area contributed by atoms with Gasteiger partial charge in [0.2, 0.25) is 5.95 Å². The van der Waals surface area contributed by atoms with Crippen LogP contribution in [0.1, 0.15) is 39.0 Å². The lowest BCUT2D eigenvalue weighted by Crippen LogP contribution is -2.24. The predicted octanol–water partition coefficient (Wildman–Crippen LogP) is 1.90. The van der Waals surface area contributed by atoms with Gasteiger partial charge in [0, 0.05) is 19.6 Å². The molecule has 0 aromatic carbocycles. The van der Waals surface area contributed by atoms with Gasteiger partial charge in [-0.2, -0.15) is 9.97 Å². The monoisotopic (exact) mass is 304 g/mol. The van der Waals surface area contributed by atoms with E-state index in [-0.39, 0.29) is 0 Å². The number of aryl methyl sites for hydroxylation is 1. The normalized spacial score (nSPS) is 17.6. The number of aliphatic hydroxyl groups is 1. The van der Waals surface area contributed by atoms with E-state index in [9.17, 15) is 5.11 Å². The molecule has 1 aliphatic carbocycles. The molecule has 120 valence electrons. The van der Waals surface area contributed by atoms with Gasteiger partial charge in [-0.15, -0.1) is 0 Å². The number of anilines is 2. The maximum atomic E-state index is 9.42. The Labute approximate surface area is 130 Å². The zero-order chi connectivity index (χ0) is 15.5. The summed E-state index contributed by atoms with van der Waals surface area (Å²) in [7, 11) is 1.92. The second-order valence-electron chi connectivity index (χ2n) is 6.13. The SMILES string of the molecule is CC(O)CNc1nc(NC2CCCCC2)c2ncn(C)c2n1. The minimum absolute atomic E-state index is 0.423. The third-order valence-electron chi connectivity index (χ3n) is 4.06. The van der Waals surface area contributed by atoms with Crippen LogP contribution in [0.2, 0.25) is 0 Å². The summed E-state index contributed by atoms with van der Waals surface area (Å²) in [5.41, 5.74) is 1.59. The van der Waals surface area contributed by atoms with Crippen LogP contribution in [-0.4, -0.2) is 43.3 Å². The van der Waals surface area contributed by atoms with Crippen molar-refractivity contribution in [2.24, 2.45) is 7.05 Å². The Morgan fingerprint density at radius 1 is 1.32 bits per heavy atom. The van der Waals surface area contributed by atoms with Crippen molar-refractivity contribution in [3.63, 3.8) is 0 Å². The van der Waals surface area contributed by atoms with Crippen molar-refractivity contribution >= 4 is 22.9 Å². The van der Waals surface area contributed by atoms with Crippen LogP contribution in [0.5, 0.6) is 0 Å². The fourth-order valence-electron chi connectivity index (χ4n) is 2.87. The van der Waals surface area contributed by atoms with E-state index in [0.29, 0.717) is 18.5 Å². The van der Waals surface area contributed by atoms with Crippen molar-refractivity contribution in [1.29, 1.82) is 0 Å². The molecule has 0 amide bonds. The number of aliphatic hydroxyl groups excluding tert-OH is 1. The maximum absolute atomic E-state index is 9.42. The Hall–Kier alpha value is -1.89. The summed E-state index contributed by atoms with van der Waals surface area (Å²) < 4.78 is 1.89. The van der Waals surface area contributed by atoms with Crippen molar-refractivity contribution in [3.05, 3.63) is 6.33 Å². The molecule has 22 heavy (non-hydrogen) atoms. The molecule has 0 saturated heterocycles. The maximum Gasteiger partial charge on any atom is 0.226 e. The van der Waals surface area contributed by atoms with Gasteiger partial charge in [0.05, 0.1) is 12.4 Å². The summed E-state index contributed by atoms with van der Waals surface area (Å²) in [5.74, 6) is 1.31. The molecule has 0 aliphatic heterocycles. The van der Waals surface area contributed by atoms with Crippen molar-refractivity contribution in [2.75, 3.05) is 17.2 Å². The molecule has 0 bridgehead atoms. The topological polar surface area (TPSA) is 87.9 Å².